The van der Waals surface area contributed by atoms with Gasteiger partial charge in [0.15, 0.2) is 0 Å². The maximum Gasteiger partial charge on any atom is 0.407 e. The second kappa shape index (κ2) is 7.34. The molecule has 2 aromatic rings. The van der Waals surface area contributed by atoms with Gasteiger partial charge in [0.1, 0.15) is 11.9 Å². The van der Waals surface area contributed by atoms with Gasteiger partial charge in [0, 0.05) is 5.56 Å². The Morgan fingerprint density at radius 1 is 1.35 bits per heavy atom. The summed E-state index contributed by atoms with van der Waals surface area (Å²) in [7, 11) is 1.20. The summed E-state index contributed by atoms with van der Waals surface area (Å²) in [6, 6.07) is 4.83. The molecule has 0 aliphatic rings. The van der Waals surface area contributed by atoms with Crippen LogP contribution < -0.4 is 10.6 Å². The highest BCUT2D eigenvalue weighted by Crippen LogP contribution is 2.15. The highest BCUT2D eigenvalue weighted by molar-refractivity contribution is 5.85. The first-order valence-electron chi connectivity index (χ1n) is 6.70. The number of nitrogens with one attached hydrogen (secondary N) is 2. The summed E-state index contributed by atoms with van der Waals surface area (Å²) < 4.78 is 22.3. The summed E-state index contributed by atoms with van der Waals surface area (Å²) in [6.07, 6.45) is -0.705. The largest absolute Gasteiger partial charge is 0.453 e. The van der Waals surface area contributed by atoms with E-state index in [1.807, 2.05) is 0 Å². The van der Waals surface area contributed by atoms with Crippen molar-refractivity contribution in [1.82, 2.24) is 20.8 Å². The number of halogens is 1. The maximum atomic E-state index is 12.9. The molecule has 8 nitrogen and oxygen atoms in total. The first-order valence-corrected chi connectivity index (χ1v) is 6.70. The number of benzene rings is 1. The molecule has 122 valence electrons. The van der Waals surface area contributed by atoms with Gasteiger partial charge in [-0.05, 0) is 31.2 Å². The molecule has 9 heteroatoms. The lowest BCUT2D eigenvalue weighted by Gasteiger charge is -2.11. The lowest BCUT2D eigenvalue weighted by molar-refractivity contribution is -0.122. The standard InChI is InChI=1S/C14H15FN4O4/c1-8(17-14(21)22-2)13(20)16-7-11-18-12(19-23-11)9-3-5-10(15)6-4-9/h3-6,8H,7H2,1-2H3,(H,16,20)(H,17,21)/t8-/m1/s1. The molecule has 1 heterocycles. The van der Waals surface area contributed by atoms with E-state index in [-0.39, 0.29) is 24.1 Å². The van der Waals surface area contributed by atoms with Crippen molar-refractivity contribution < 1.29 is 23.2 Å². The van der Waals surface area contributed by atoms with E-state index in [0.717, 1.165) is 0 Å². The molecule has 0 bridgehead atoms. The van der Waals surface area contributed by atoms with Crippen molar-refractivity contribution in [3.63, 3.8) is 0 Å². The van der Waals surface area contributed by atoms with Crippen LogP contribution in [0.25, 0.3) is 11.4 Å². The number of aromatic nitrogens is 2. The first-order chi connectivity index (χ1) is 11.0. The Bertz CT molecular complexity index is 686. The number of ether oxygens (including phenoxy) is 1. The van der Waals surface area contributed by atoms with Gasteiger partial charge < -0.3 is 19.9 Å². The third-order valence-electron chi connectivity index (χ3n) is 2.90. The highest BCUT2D eigenvalue weighted by Gasteiger charge is 2.16. The molecule has 0 aliphatic heterocycles. The summed E-state index contributed by atoms with van der Waals surface area (Å²) in [6.45, 7) is 1.50. The van der Waals surface area contributed by atoms with E-state index >= 15 is 0 Å². The Balaban J connectivity index is 1.90. The molecule has 2 N–H and O–H groups in total. The van der Waals surface area contributed by atoms with Gasteiger partial charge in [0.05, 0.1) is 13.7 Å². The second-order valence-electron chi connectivity index (χ2n) is 4.59. The van der Waals surface area contributed by atoms with E-state index in [1.54, 1.807) is 0 Å². The summed E-state index contributed by atoms with van der Waals surface area (Å²) in [5, 5.41) is 8.61. The average molecular weight is 322 g/mol. The fourth-order valence-corrected chi connectivity index (χ4v) is 1.66. The van der Waals surface area contributed by atoms with E-state index in [4.69, 9.17) is 4.52 Å². The molecule has 1 aromatic heterocycles. The van der Waals surface area contributed by atoms with E-state index in [9.17, 15) is 14.0 Å². The van der Waals surface area contributed by atoms with Gasteiger partial charge in [0.25, 0.3) is 0 Å². The molecule has 0 spiro atoms. The third-order valence-corrected chi connectivity index (χ3v) is 2.90. The summed E-state index contributed by atoms with van der Waals surface area (Å²) in [5.41, 5.74) is 0.591. The fourth-order valence-electron chi connectivity index (χ4n) is 1.66. The van der Waals surface area contributed by atoms with Crippen molar-refractivity contribution in [3.8, 4) is 11.4 Å². The van der Waals surface area contributed by atoms with Crippen LogP contribution >= 0.6 is 0 Å². The predicted octanol–water partition coefficient (Wildman–Crippen LogP) is 1.24. The van der Waals surface area contributed by atoms with Crippen LogP contribution in [-0.2, 0) is 16.1 Å². The van der Waals surface area contributed by atoms with Crippen molar-refractivity contribution in [3.05, 3.63) is 36.0 Å². The van der Waals surface area contributed by atoms with Gasteiger partial charge in [-0.25, -0.2) is 9.18 Å². The second-order valence-corrected chi connectivity index (χ2v) is 4.59. The average Bonchev–Trinajstić information content (AvgIpc) is 3.02. The van der Waals surface area contributed by atoms with Crippen LogP contribution in [0.15, 0.2) is 28.8 Å². The predicted molar refractivity (Wildman–Crippen MR) is 76.5 cm³/mol. The van der Waals surface area contributed by atoms with E-state index in [2.05, 4.69) is 25.5 Å². The lowest BCUT2D eigenvalue weighted by atomic mass is 10.2. The zero-order chi connectivity index (χ0) is 16.8. The Morgan fingerprint density at radius 2 is 2.04 bits per heavy atom. The molecule has 0 aliphatic carbocycles. The number of hydrogen-bond acceptors (Lipinski definition) is 6. The van der Waals surface area contributed by atoms with Crippen molar-refractivity contribution in [2.45, 2.75) is 19.5 Å². The van der Waals surface area contributed by atoms with Crippen molar-refractivity contribution in [2.75, 3.05) is 7.11 Å². The molecule has 0 fully saturated rings. The van der Waals surface area contributed by atoms with Gasteiger partial charge in [-0.15, -0.1) is 0 Å². The molecule has 2 amide bonds. The Morgan fingerprint density at radius 3 is 2.70 bits per heavy atom. The normalized spacial score (nSPS) is 11.6. The summed E-state index contributed by atoms with van der Waals surface area (Å²) >= 11 is 0. The van der Waals surface area contributed by atoms with Crippen LogP contribution in [0.2, 0.25) is 0 Å². The van der Waals surface area contributed by atoms with E-state index < -0.39 is 18.0 Å². The molecule has 0 unspecified atom stereocenters. The number of nitrogens with zero attached hydrogens (tertiary/aromatic N) is 2. The lowest BCUT2D eigenvalue weighted by Crippen LogP contribution is -2.44. The van der Waals surface area contributed by atoms with Gasteiger partial charge in [-0.3, -0.25) is 4.79 Å². The molecule has 0 saturated heterocycles. The Labute approximate surface area is 131 Å². The molecular weight excluding hydrogens is 307 g/mol. The zero-order valence-corrected chi connectivity index (χ0v) is 12.5. The Kier molecular flexibility index (Phi) is 5.23. The van der Waals surface area contributed by atoms with Gasteiger partial charge >= 0.3 is 6.09 Å². The topological polar surface area (TPSA) is 106 Å². The molecule has 2 rings (SSSR count). The Hall–Kier alpha value is -2.97. The van der Waals surface area contributed by atoms with Crippen molar-refractivity contribution >= 4 is 12.0 Å². The number of alkyl carbamates (subject to hydrolysis) is 1. The van der Waals surface area contributed by atoms with E-state index in [1.165, 1.54) is 38.3 Å². The van der Waals surface area contributed by atoms with E-state index in [0.29, 0.717) is 5.56 Å². The van der Waals surface area contributed by atoms with Crippen LogP contribution in [0.3, 0.4) is 0 Å². The molecule has 0 saturated carbocycles. The van der Waals surface area contributed by atoms with Crippen LogP contribution in [0.1, 0.15) is 12.8 Å². The number of methoxy groups -OCH3 is 1. The van der Waals surface area contributed by atoms with Crippen LogP contribution in [0.4, 0.5) is 9.18 Å². The number of carbonyl (C=O) groups excluding carboxylic acids is 2. The zero-order valence-electron chi connectivity index (χ0n) is 12.5. The SMILES string of the molecule is COC(=O)N[C@H](C)C(=O)NCc1nc(-c2ccc(F)cc2)no1. The first kappa shape index (κ1) is 16.4. The van der Waals surface area contributed by atoms with Crippen LogP contribution in [0, 0.1) is 5.82 Å². The minimum absolute atomic E-state index is 0.000219. The summed E-state index contributed by atoms with van der Waals surface area (Å²) in [4.78, 5) is 26.9. The third kappa shape index (κ3) is 4.50. The summed E-state index contributed by atoms with van der Waals surface area (Å²) in [5.74, 6) is -0.327. The van der Waals surface area contributed by atoms with Gasteiger partial charge in [-0.1, -0.05) is 5.16 Å². The fraction of sp³-hybridized carbons (Fsp3) is 0.286. The highest BCUT2D eigenvalue weighted by atomic mass is 19.1. The number of hydrogen-bond donors (Lipinski definition) is 2. The maximum absolute atomic E-state index is 12.9. The van der Waals surface area contributed by atoms with Crippen molar-refractivity contribution in [2.24, 2.45) is 0 Å². The minimum Gasteiger partial charge on any atom is -0.453 e. The number of amides is 2. The number of carbonyl (C=O) groups is 2. The van der Waals surface area contributed by atoms with Crippen LogP contribution in [-0.4, -0.2) is 35.3 Å². The van der Waals surface area contributed by atoms with Gasteiger partial charge in [-0.2, -0.15) is 4.98 Å². The monoisotopic (exact) mass is 322 g/mol. The van der Waals surface area contributed by atoms with Crippen LogP contribution in [0.5, 0.6) is 0 Å². The molecule has 0 radical (unpaired) electrons. The molecular formula is C14H15FN4O4. The smallest absolute Gasteiger partial charge is 0.407 e. The molecule has 1 aromatic carbocycles. The molecule has 1 atom stereocenters. The van der Waals surface area contributed by atoms with Crippen molar-refractivity contribution in [1.29, 1.82) is 0 Å². The van der Waals surface area contributed by atoms with Gasteiger partial charge in [0.2, 0.25) is 17.6 Å². The molecule has 23 heavy (non-hydrogen) atoms. The minimum atomic E-state index is -0.776. The quantitative estimate of drug-likeness (QED) is 0.857. The number of rotatable bonds is 5.